The minimum atomic E-state index is -3.85. The normalized spacial score (nSPS) is 12.5. The Hall–Kier alpha value is -1.11. The van der Waals surface area contributed by atoms with Gasteiger partial charge in [0.05, 0.1) is 18.3 Å². The number of ether oxygens (including phenoxy) is 1. The molecule has 0 bridgehead atoms. The number of nitrogens with zero attached hydrogens (tertiary/aromatic N) is 1. The van der Waals surface area contributed by atoms with Crippen molar-refractivity contribution in [2.45, 2.75) is 39.5 Å². The zero-order chi connectivity index (χ0) is 13.3. The number of carbonyl (C=O) groups excluding carboxylic acids is 1. The summed E-state index contributed by atoms with van der Waals surface area (Å²) in [6, 6.07) is 0. The van der Waals surface area contributed by atoms with E-state index in [4.69, 9.17) is 0 Å². The van der Waals surface area contributed by atoms with Crippen LogP contribution in [0.15, 0.2) is 4.40 Å². The van der Waals surface area contributed by atoms with Gasteiger partial charge in [0.25, 0.3) is 10.0 Å². The topological polar surface area (TPSA) is 95.9 Å². The Balaban J connectivity index is 4.31. The van der Waals surface area contributed by atoms with Gasteiger partial charge in [0.2, 0.25) is 0 Å². The van der Waals surface area contributed by atoms with E-state index in [-0.39, 0.29) is 12.4 Å². The van der Waals surface area contributed by atoms with E-state index >= 15 is 0 Å². The van der Waals surface area contributed by atoms with Crippen molar-refractivity contribution in [1.29, 1.82) is 0 Å². The van der Waals surface area contributed by atoms with Crippen LogP contribution < -0.4 is 5.11 Å². The number of hydrogen-bond donors (Lipinski definition) is 0. The summed E-state index contributed by atoms with van der Waals surface area (Å²) in [7, 11) is -3.85. The molecule has 0 aromatic heterocycles. The molecule has 6 nitrogen and oxygen atoms in total. The summed E-state index contributed by atoms with van der Waals surface area (Å²) in [4.78, 5) is 10.9. The minimum absolute atomic E-state index is 0.0106. The lowest BCUT2D eigenvalue weighted by Crippen LogP contribution is -2.31. The lowest BCUT2D eigenvalue weighted by atomic mass is 10.2. The average Bonchev–Trinajstić information content (AvgIpc) is 2.24. The molecule has 0 N–H and O–H groups in total. The van der Waals surface area contributed by atoms with E-state index in [1.54, 1.807) is 0 Å². The Kier molecular flexibility index (Phi) is 7.53. The first-order valence-electron chi connectivity index (χ1n) is 5.59. The Morgan fingerprint density at radius 3 is 2.41 bits per heavy atom. The molecule has 0 fully saturated rings. The molecule has 0 amide bonds. The van der Waals surface area contributed by atoms with Crippen molar-refractivity contribution < 1.29 is 23.1 Å². The Morgan fingerprint density at radius 1 is 1.24 bits per heavy atom. The number of hydrogen-bond acceptors (Lipinski definition) is 5. The Labute approximate surface area is 102 Å². The zero-order valence-corrected chi connectivity index (χ0v) is 11.0. The second kappa shape index (κ2) is 8.05. The van der Waals surface area contributed by atoms with Gasteiger partial charge in [-0.1, -0.05) is 26.2 Å². The predicted molar refractivity (Wildman–Crippen MR) is 62.0 cm³/mol. The van der Waals surface area contributed by atoms with Gasteiger partial charge >= 0.3 is 5.97 Å². The van der Waals surface area contributed by atoms with Gasteiger partial charge in [-0.05, 0) is 13.3 Å². The summed E-state index contributed by atoms with van der Waals surface area (Å²) in [5.74, 6) is -2.80. The van der Waals surface area contributed by atoms with Crippen LogP contribution in [0.2, 0.25) is 0 Å². The van der Waals surface area contributed by atoms with Gasteiger partial charge in [0.1, 0.15) is 0 Å². The zero-order valence-electron chi connectivity index (χ0n) is 10.1. The number of sulfonamides is 1. The highest BCUT2D eigenvalue weighted by Crippen LogP contribution is 2.03. The van der Waals surface area contributed by atoms with Crippen LogP contribution in [0.25, 0.3) is 0 Å². The van der Waals surface area contributed by atoms with E-state index in [0.717, 1.165) is 19.3 Å². The molecule has 0 saturated heterocycles. The lowest BCUT2D eigenvalue weighted by Gasteiger charge is -2.08. The van der Waals surface area contributed by atoms with Crippen LogP contribution in [0, 0.1) is 0 Å². The smallest absolute Gasteiger partial charge is 0.342 e. The molecule has 0 saturated carbocycles. The van der Waals surface area contributed by atoms with Crippen molar-refractivity contribution in [3.63, 3.8) is 0 Å². The third-order valence-electron chi connectivity index (χ3n) is 1.93. The molecule has 0 atom stereocenters. The highest BCUT2D eigenvalue weighted by molar-refractivity contribution is 7.90. The first kappa shape index (κ1) is 15.9. The number of unbranched alkanes of at least 4 members (excludes halogenated alkanes) is 3. The minimum Gasteiger partial charge on any atom is -0.853 e. The molecule has 0 aliphatic heterocycles. The number of esters is 1. The second-order valence-electron chi connectivity index (χ2n) is 3.46. The van der Waals surface area contributed by atoms with Gasteiger partial charge in [0.15, 0.2) is 0 Å². The summed E-state index contributed by atoms with van der Waals surface area (Å²) in [6.45, 7) is 3.53. The van der Waals surface area contributed by atoms with Crippen LogP contribution in [0.3, 0.4) is 0 Å². The second-order valence-corrected chi connectivity index (χ2v) is 5.22. The van der Waals surface area contributed by atoms with Gasteiger partial charge in [0, 0.05) is 0 Å². The molecule has 0 heterocycles. The van der Waals surface area contributed by atoms with E-state index in [1.165, 1.54) is 6.92 Å². The molecule has 0 spiro atoms. The van der Waals surface area contributed by atoms with Crippen molar-refractivity contribution in [2.75, 3.05) is 12.4 Å². The Morgan fingerprint density at radius 2 is 1.88 bits per heavy atom. The third kappa shape index (κ3) is 7.73. The molecule has 0 aromatic rings. The van der Waals surface area contributed by atoms with E-state index in [9.17, 15) is 18.3 Å². The largest absolute Gasteiger partial charge is 0.853 e. The molecule has 0 aliphatic rings. The summed E-state index contributed by atoms with van der Waals surface area (Å²) in [5, 5.41) is 11.0. The van der Waals surface area contributed by atoms with Crippen molar-refractivity contribution in [3.05, 3.63) is 0 Å². The van der Waals surface area contributed by atoms with Gasteiger partial charge < -0.3 is 9.84 Å². The van der Waals surface area contributed by atoms with E-state index < -0.39 is 21.9 Å². The lowest BCUT2D eigenvalue weighted by molar-refractivity contribution is -0.222. The summed E-state index contributed by atoms with van der Waals surface area (Å²) >= 11 is 0. The summed E-state index contributed by atoms with van der Waals surface area (Å²) < 4.78 is 29.9. The van der Waals surface area contributed by atoms with Crippen LogP contribution in [0.5, 0.6) is 0 Å². The predicted octanol–water partition coefficient (Wildman–Crippen LogP) is 0.218. The first-order valence-corrected chi connectivity index (χ1v) is 7.20. The monoisotopic (exact) mass is 264 g/mol. The fourth-order valence-electron chi connectivity index (χ4n) is 1.11. The molecule has 0 unspecified atom stereocenters. The van der Waals surface area contributed by atoms with Crippen molar-refractivity contribution >= 4 is 21.9 Å². The maximum Gasteiger partial charge on any atom is 0.342 e. The quantitative estimate of drug-likeness (QED) is 0.283. The van der Waals surface area contributed by atoms with Gasteiger partial charge in [-0.2, -0.15) is 4.40 Å². The highest BCUT2D eigenvalue weighted by Gasteiger charge is 2.10. The number of carbonyl (C=O) groups is 1. The molecule has 0 aliphatic carbocycles. The van der Waals surface area contributed by atoms with Crippen molar-refractivity contribution in [3.8, 4) is 0 Å². The fourth-order valence-corrected chi connectivity index (χ4v) is 2.10. The summed E-state index contributed by atoms with van der Waals surface area (Å²) in [6.07, 6.45) is 3.12. The van der Waals surface area contributed by atoms with Crippen LogP contribution in [0.1, 0.15) is 39.5 Å². The number of rotatable bonds is 7. The molecule has 17 heavy (non-hydrogen) atoms. The molecule has 100 valence electrons. The van der Waals surface area contributed by atoms with Gasteiger partial charge in [-0.3, -0.25) is 0 Å². The van der Waals surface area contributed by atoms with E-state index in [2.05, 4.69) is 9.13 Å². The molecular formula is C10H18NO5S-. The van der Waals surface area contributed by atoms with Gasteiger partial charge in [-0.15, -0.1) is 0 Å². The molecular weight excluding hydrogens is 246 g/mol. The Bertz CT molecular complexity index is 361. The van der Waals surface area contributed by atoms with Crippen LogP contribution >= 0.6 is 0 Å². The van der Waals surface area contributed by atoms with Crippen molar-refractivity contribution in [1.82, 2.24) is 0 Å². The maximum atomic E-state index is 11.3. The van der Waals surface area contributed by atoms with E-state index in [0.29, 0.717) is 6.42 Å². The average molecular weight is 264 g/mol. The molecule has 0 radical (unpaired) electrons. The van der Waals surface area contributed by atoms with E-state index in [1.807, 2.05) is 6.92 Å². The van der Waals surface area contributed by atoms with Crippen LogP contribution in [-0.2, 0) is 19.6 Å². The fraction of sp³-hybridized carbons (Fsp3) is 0.800. The molecule has 7 heteroatoms. The first-order chi connectivity index (χ1) is 7.93. The molecule has 0 rings (SSSR count). The van der Waals surface area contributed by atoms with Crippen LogP contribution in [0.4, 0.5) is 0 Å². The molecule has 0 aromatic carbocycles. The van der Waals surface area contributed by atoms with Crippen molar-refractivity contribution in [2.24, 2.45) is 4.40 Å². The third-order valence-corrected chi connectivity index (χ3v) is 3.18. The highest BCUT2D eigenvalue weighted by atomic mass is 32.2. The SMILES string of the molecule is CCCCCCS(=O)(=O)/N=C(\[O-])C(=O)OCC. The van der Waals surface area contributed by atoms with Crippen LogP contribution in [-0.4, -0.2) is 32.6 Å². The maximum absolute atomic E-state index is 11.3. The standard InChI is InChI=1S/C10H19NO5S/c1-3-5-6-7-8-17(14,15)11-9(12)10(13)16-4-2/h3-8H2,1-2H3,(H,11,12)/p-1. The van der Waals surface area contributed by atoms with Gasteiger partial charge in [-0.25, -0.2) is 13.2 Å². The summed E-state index contributed by atoms with van der Waals surface area (Å²) in [5.41, 5.74) is 0.